The average Bonchev–Trinajstić information content (AvgIpc) is 3.13. The van der Waals surface area contributed by atoms with Gasteiger partial charge in [-0.1, -0.05) is 24.3 Å². The number of H-pyrrole nitrogens is 1. The van der Waals surface area contributed by atoms with Gasteiger partial charge in [0.05, 0.1) is 17.4 Å². The summed E-state index contributed by atoms with van der Waals surface area (Å²) in [7, 11) is 0. The molecule has 0 saturated carbocycles. The van der Waals surface area contributed by atoms with Crippen molar-refractivity contribution in [3.05, 3.63) is 36.2 Å². The number of fused-ring (bicyclic) bond motifs is 1. The Morgan fingerprint density at radius 2 is 2.08 bits per heavy atom. The number of nitrogens with one attached hydrogen (secondary N) is 3. The Hall–Kier alpha value is -3.16. The lowest BCUT2D eigenvalue weighted by Crippen LogP contribution is -2.19. The summed E-state index contributed by atoms with van der Waals surface area (Å²) in [6.45, 7) is 3.72. The van der Waals surface area contributed by atoms with Crippen LogP contribution in [0, 0.1) is 6.92 Å². The van der Waals surface area contributed by atoms with Crippen molar-refractivity contribution in [1.82, 2.24) is 20.0 Å². The van der Waals surface area contributed by atoms with Crippen LogP contribution in [0.5, 0.6) is 0 Å². The molecule has 2 aromatic heterocycles. The molecular formula is C16H18N6O2. The Morgan fingerprint density at radius 1 is 1.25 bits per heavy atom. The van der Waals surface area contributed by atoms with Crippen LogP contribution in [0.2, 0.25) is 0 Å². The van der Waals surface area contributed by atoms with Gasteiger partial charge in [0, 0.05) is 17.5 Å². The number of amides is 2. The lowest BCUT2D eigenvalue weighted by molar-refractivity contribution is -0.117. The summed E-state index contributed by atoms with van der Waals surface area (Å²) in [4.78, 5) is 26.8. The van der Waals surface area contributed by atoms with Crippen LogP contribution in [0.3, 0.4) is 0 Å². The Labute approximate surface area is 138 Å². The zero-order valence-corrected chi connectivity index (χ0v) is 13.5. The zero-order chi connectivity index (χ0) is 17.1. The highest BCUT2D eigenvalue weighted by Gasteiger charge is 2.10. The summed E-state index contributed by atoms with van der Waals surface area (Å²) in [5.41, 5.74) is 2.63. The van der Waals surface area contributed by atoms with E-state index in [1.807, 2.05) is 31.2 Å². The minimum Gasteiger partial charge on any atom is -0.357 e. The third-order valence-corrected chi connectivity index (χ3v) is 3.50. The highest BCUT2D eigenvalue weighted by molar-refractivity contribution is 6.00. The third-order valence-electron chi connectivity index (χ3n) is 3.50. The maximum absolute atomic E-state index is 12.2. The van der Waals surface area contributed by atoms with Gasteiger partial charge < -0.3 is 15.6 Å². The van der Waals surface area contributed by atoms with E-state index in [0.29, 0.717) is 17.9 Å². The van der Waals surface area contributed by atoms with Gasteiger partial charge in [-0.25, -0.2) is 4.68 Å². The number of aromatic nitrogens is 4. The lowest BCUT2D eigenvalue weighted by Gasteiger charge is -2.06. The van der Waals surface area contributed by atoms with E-state index in [4.69, 9.17) is 0 Å². The fraction of sp³-hybridized carbons (Fsp3) is 0.250. The second-order valence-electron chi connectivity index (χ2n) is 5.47. The molecule has 3 aromatic rings. The van der Waals surface area contributed by atoms with Crippen LogP contribution in [0.25, 0.3) is 10.9 Å². The van der Waals surface area contributed by atoms with Gasteiger partial charge in [0.1, 0.15) is 6.54 Å². The normalized spacial score (nSPS) is 10.8. The Kier molecular flexibility index (Phi) is 4.28. The topological polar surface area (TPSA) is 105 Å². The molecule has 0 aliphatic carbocycles. The molecule has 0 unspecified atom stereocenters. The molecular weight excluding hydrogens is 308 g/mol. The van der Waals surface area contributed by atoms with Gasteiger partial charge in [-0.05, 0) is 19.1 Å². The highest BCUT2D eigenvalue weighted by atomic mass is 16.2. The molecule has 3 rings (SSSR count). The first-order valence-electron chi connectivity index (χ1n) is 7.63. The number of carbonyl (C=O) groups is 2. The molecule has 124 valence electrons. The molecule has 0 aliphatic rings. The molecule has 8 heteroatoms. The summed E-state index contributed by atoms with van der Waals surface area (Å²) < 4.78 is 1.38. The molecule has 0 spiro atoms. The predicted octanol–water partition coefficient (Wildman–Crippen LogP) is 2.06. The van der Waals surface area contributed by atoms with E-state index >= 15 is 0 Å². The van der Waals surface area contributed by atoms with Crippen molar-refractivity contribution in [2.24, 2.45) is 0 Å². The number of para-hydroxylation sites is 1. The van der Waals surface area contributed by atoms with Crippen LogP contribution < -0.4 is 10.6 Å². The summed E-state index contributed by atoms with van der Waals surface area (Å²) in [5, 5.41) is 14.1. The molecule has 0 saturated heterocycles. The van der Waals surface area contributed by atoms with Crippen molar-refractivity contribution in [2.75, 3.05) is 10.6 Å². The maximum atomic E-state index is 12.2. The number of nitrogens with zero attached hydrogens (tertiary/aromatic N) is 3. The summed E-state index contributed by atoms with van der Waals surface area (Å²) in [6.07, 6.45) is 1.87. The van der Waals surface area contributed by atoms with E-state index in [1.54, 1.807) is 6.92 Å². The van der Waals surface area contributed by atoms with Gasteiger partial charge in [-0.15, -0.1) is 5.10 Å². The number of aromatic amines is 1. The van der Waals surface area contributed by atoms with Crippen LogP contribution in [0.4, 0.5) is 11.5 Å². The second-order valence-corrected chi connectivity index (χ2v) is 5.47. The van der Waals surface area contributed by atoms with Crippen molar-refractivity contribution < 1.29 is 9.59 Å². The van der Waals surface area contributed by atoms with E-state index in [-0.39, 0.29) is 18.4 Å². The summed E-state index contributed by atoms with van der Waals surface area (Å²) in [6, 6.07) is 7.73. The van der Waals surface area contributed by atoms with E-state index in [2.05, 4.69) is 25.9 Å². The van der Waals surface area contributed by atoms with Gasteiger partial charge in [0.15, 0.2) is 5.82 Å². The van der Waals surface area contributed by atoms with E-state index in [1.165, 1.54) is 10.9 Å². The smallest absolute Gasteiger partial charge is 0.246 e. The Balaban J connectivity index is 1.68. The lowest BCUT2D eigenvalue weighted by atomic mass is 10.2. The second kappa shape index (κ2) is 6.53. The number of aryl methyl sites for hydroxylation is 1. The Bertz CT molecular complexity index is 895. The van der Waals surface area contributed by atoms with E-state index in [0.717, 1.165) is 16.6 Å². The van der Waals surface area contributed by atoms with Crippen molar-refractivity contribution in [3.63, 3.8) is 0 Å². The van der Waals surface area contributed by atoms with Gasteiger partial charge in [0.2, 0.25) is 11.8 Å². The SMILES string of the molecule is CCC(=O)Nc1cn(CC(=O)Nc2cccc3cc(C)[nH]c23)nn1. The Morgan fingerprint density at radius 3 is 2.88 bits per heavy atom. The largest absolute Gasteiger partial charge is 0.357 e. The minimum atomic E-state index is -0.229. The van der Waals surface area contributed by atoms with Crippen LogP contribution >= 0.6 is 0 Å². The van der Waals surface area contributed by atoms with Gasteiger partial charge in [-0.3, -0.25) is 9.59 Å². The van der Waals surface area contributed by atoms with Gasteiger partial charge in [0.25, 0.3) is 0 Å². The zero-order valence-electron chi connectivity index (χ0n) is 13.5. The highest BCUT2D eigenvalue weighted by Crippen LogP contribution is 2.23. The van der Waals surface area contributed by atoms with Gasteiger partial charge >= 0.3 is 0 Å². The van der Waals surface area contributed by atoms with Crippen molar-refractivity contribution >= 4 is 34.2 Å². The molecule has 2 amide bonds. The van der Waals surface area contributed by atoms with Crippen molar-refractivity contribution in [3.8, 4) is 0 Å². The fourth-order valence-corrected chi connectivity index (χ4v) is 2.40. The quantitative estimate of drug-likeness (QED) is 0.667. The van der Waals surface area contributed by atoms with Crippen LogP contribution in [0.15, 0.2) is 30.5 Å². The minimum absolute atomic E-state index is 0.00503. The number of rotatable bonds is 5. The molecule has 24 heavy (non-hydrogen) atoms. The molecule has 8 nitrogen and oxygen atoms in total. The van der Waals surface area contributed by atoms with Gasteiger partial charge in [-0.2, -0.15) is 0 Å². The first kappa shape index (κ1) is 15.7. The van der Waals surface area contributed by atoms with Crippen molar-refractivity contribution in [2.45, 2.75) is 26.8 Å². The number of benzene rings is 1. The van der Waals surface area contributed by atoms with Crippen LogP contribution in [-0.2, 0) is 16.1 Å². The average molecular weight is 326 g/mol. The monoisotopic (exact) mass is 326 g/mol. The number of hydrogen-bond acceptors (Lipinski definition) is 4. The van der Waals surface area contributed by atoms with E-state index in [9.17, 15) is 9.59 Å². The number of hydrogen-bond donors (Lipinski definition) is 3. The van der Waals surface area contributed by atoms with Crippen LogP contribution in [0.1, 0.15) is 19.0 Å². The third kappa shape index (κ3) is 3.43. The maximum Gasteiger partial charge on any atom is 0.246 e. The molecule has 0 radical (unpaired) electrons. The molecule has 0 bridgehead atoms. The van der Waals surface area contributed by atoms with Crippen molar-refractivity contribution in [1.29, 1.82) is 0 Å². The molecule has 0 atom stereocenters. The molecule has 0 aliphatic heterocycles. The number of anilines is 2. The molecule has 1 aromatic carbocycles. The first-order valence-corrected chi connectivity index (χ1v) is 7.63. The first-order chi connectivity index (χ1) is 11.5. The molecule has 0 fully saturated rings. The molecule has 2 heterocycles. The van der Waals surface area contributed by atoms with Crippen LogP contribution in [-0.4, -0.2) is 31.8 Å². The number of carbonyl (C=O) groups excluding carboxylic acids is 2. The fourth-order valence-electron chi connectivity index (χ4n) is 2.40. The molecule has 3 N–H and O–H groups in total. The predicted molar refractivity (Wildman–Crippen MR) is 90.6 cm³/mol. The standard InChI is InChI=1S/C16H18N6O2/c1-3-14(23)19-13-8-22(21-20-13)9-15(24)18-12-6-4-5-11-7-10(2)17-16(11)12/h4-8,17H,3,9H2,1-2H3,(H,18,24)(H,19,23). The summed E-state index contributed by atoms with van der Waals surface area (Å²) >= 11 is 0. The summed E-state index contributed by atoms with van der Waals surface area (Å²) in [5.74, 6) is -0.0509. The van der Waals surface area contributed by atoms with E-state index < -0.39 is 0 Å².